The molecule has 0 spiro atoms. The fraction of sp³-hybridized carbons (Fsp3) is 0.579. The normalized spacial score (nSPS) is 25.6. The summed E-state index contributed by atoms with van der Waals surface area (Å²) in [5, 5.41) is 11.6. The Morgan fingerprint density at radius 2 is 2.00 bits per heavy atom. The summed E-state index contributed by atoms with van der Waals surface area (Å²) >= 11 is 0. The molecule has 0 aromatic heterocycles. The van der Waals surface area contributed by atoms with Gasteiger partial charge < -0.3 is 5.32 Å². The van der Waals surface area contributed by atoms with E-state index < -0.39 is 10.0 Å². The van der Waals surface area contributed by atoms with Gasteiger partial charge in [-0.25, -0.2) is 13.1 Å². The molecular formula is C19H25N3O3S. The number of benzene rings is 1. The Hall–Kier alpha value is -1.91. The lowest BCUT2D eigenvalue weighted by Gasteiger charge is -2.28. The van der Waals surface area contributed by atoms with Gasteiger partial charge in [-0.15, -0.1) is 0 Å². The van der Waals surface area contributed by atoms with E-state index in [9.17, 15) is 13.2 Å². The van der Waals surface area contributed by atoms with Crippen molar-refractivity contribution in [3.63, 3.8) is 0 Å². The molecule has 2 N–H and O–H groups in total. The third kappa shape index (κ3) is 4.08. The number of carbonyl (C=O) groups excluding carboxylic acids is 1. The first-order chi connectivity index (χ1) is 12.4. The molecule has 1 aromatic carbocycles. The number of hydrogen-bond donors (Lipinski definition) is 2. The van der Waals surface area contributed by atoms with E-state index in [2.05, 4.69) is 17.0 Å². The molecule has 2 fully saturated rings. The Kier molecular flexibility index (Phi) is 5.64. The van der Waals surface area contributed by atoms with Crippen LogP contribution in [0.25, 0.3) is 0 Å². The maximum atomic E-state index is 12.5. The molecule has 4 atom stereocenters. The van der Waals surface area contributed by atoms with Crippen molar-refractivity contribution in [3.8, 4) is 6.07 Å². The van der Waals surface area contributed by atoms with Crippen LogP contribution >= 0.6 is 0 Å². The number of hydrogen-bond acceptors (Lipinski definition) is 4. The molecule has 2 bridgehead atoms. The quantitative estimate of drug-likeness (QED) is 0.715. The Morgan fingerprint density at radius 1 is 1.27 bits per heavy atom. The monoisotopic (exact) mass is 375 g/mol. The smallest absolute Gasteiger partial charge is 0.251 e. The number of fused-ring (bicyclic) bond motifs is 2. The van der Waals surface area contributed by atoms with E-state index in [1.165, 1.54) is 49.9 Å². The van der Waals surface area contributed by atoms with Crippen LogP contribution in [0.5, 0.6) is 0 Å². The highest BCUT2D eigenvalue weighted by Crippen LogP contribution is 2.49. The minimum Gasteiger partial charge on any atom is -0.349 e. The van der Waals surface area contributed by atoms with Gasteiger partial charge in [-0.3, -0.25) is 4.79 Å². The summed E-state index contributed by atoms with van der Waals surface area (Å²) in [6.07, 6.45) is 5.23. The maximum absolute atomic E-state index is 12.5. The van der Waals surface area contributed by atoms with Crippen LogP contribution in [0, 0.1) is 29.1 Å². The van der Waals surface area contributed by atoms with Crippen LogP contribution in [0.15, 0.2) is 29.2 Å². The van der Waals surface area contributed by atoms with E-state index in [1.807, 2.05) is 6.07 Å². The molecular weight excluding hydrogens is 350 g/mol. The number of rotatable bonds is 7. The molecule has 0 heterocycles. The number of carbonyl (C=O) groups is 1. The predicted octanol–water partition coefficient (Wildman–Crippen LogP) is 2.43. The van der Waals surface area contributed by atoms with Gasteiger partial charge in [0.1, 0.15) is 0 Å². The minimum absolute atomic E-state index is 0.0716. The average molecular weight is 375 g/mol. The van der Waals surface area contributed by atoms with Gasteiger partial charge in [0.05, 0.1) is 11.0 Å². The fourth-order valence-corrected chi connectivity index (χ4v) is 5.45. The second kappa shape index (κ2) is 7.77. The topological polar surface area (TPSA) is 99.1 Å². The van der Waals surface area contributed by atoms with Gasteiger partial charge in [0.2, 0.25) is 10.0 Å². The lowest BCUT2D eigenvalue weighted by Crippen LogP contribution is -2.40. The first-order valence-corrected chi connectivity index (χ1v) is 10.7. The maximum Gasteiger partial charge on any atom is 0.251 e. The lowest BCUT2D eigenvalue weighted by molar-refractivity contribution is 0.0915. The molecule has 0 aliphatic heterocycles. The van der Waals surface area contributed by atoms with E-state index >= 15 is 0 Å². The van der Waals surface area contributed by atoms with Gasteiger partial charge in [-0.05, 0) is 68.2 Å². The zero-order valence-electron chi connectivity index (χ0n) is 14.9. The van der Waals surface area contributed by atoms with Crippen molar-refractivity contribution < 1.29 is 13.2 Å². The van der Waals surface area contributed by atoms with Crippen LogP contribution in [-0.4, -0.2) is 26.9 Å². The summed E-state index contributed by atoms with van der Waals surface area (Å²) in [6.45, 7) is 2.14. The zero-order chi connectivity index (χ0) is 18.7. The molecule has 2 aliphatic rings. The third-order valence-electron chi connectivity index (χ3n) is 5.75. The average Bonchev–Trinajstić information content (AvgIpc) is 3.25. The highest BCUT2D eigenvalue weighted by Gasteiger charge is 2.42. The first-order valence-electron chi connectivity index (χ1n) is 9.18. The molecule has 140 valence electrons. The highest BCUT2D eigenvalue weighted by atomic mass is 32.2. The Bertz CT molecular complexity index is 798. The van der Waals surface area contributed by atoms with Crippen molar-refractivity contribution >= 4 is 15.9 Å². The van der Waals surface area contributed by atoms with Crippen molar-refractivity contribution in [3.05, 3.63) is 29.8 Å². The first kappa shape index (κ1) is 18.9. The molecule has 1 aromatic rings. The second-order valence-corrected chi connectivity index (χ2v) is 9.20. The number of sulfonamides is 1. The summed E-state index contributed by atoms with van der Waals surface area (Å²) in [4.78, 5) is 12.6. The van der Waals surface area contributed by atoms with Crippen LogP contribution in [0.4, 0.5) is 0 Å². The van der Waals surface area contributed by atoms with Crippen molar-refractivity contribution in [2.24, 2.45) is 17.8 Å². The molecule has 4 unspecified atom stereocenters. The van der Waals surface area contributed by atoms with Crippen LogP contribution in [0.2, 0.25) is 0 Å². The lowest BCUT2D eigenvalue weighted by atomic mass is 9.84. The number of nitrogens with one attached hydrogen (secondary N) is 2. The molecule has 6 nitrogen and oxygen atoms in total. The number of nitriles is 1. The van der Waals surface area contributed by atoms with Gasteiger partial charge >= 0.3 is 0 Å². The number of nitrogens with zero attached hydrogens (tertiary/aromatic N) is 1. The summed E-state index contributed by atoms with van der Waals surface area (Å²) < 4.78 is 26.5. The Labute approximate surface area is 155 Å². The van der Waals surface area contributed by atoms with Gasteiger partial charge in [0.15, 0.2) is 0 Å². The molecule has 7 heteroatoms. The van der Waals surface area contributed by atoms with E-state index in [0.29, 0.717) is 11.5 Å². The van der Waals surface area contributed by atoms with Crippen molar-refractivity contribution in [2.75, 3.05) is 6.54 Å². The van der Waals surface area contributed by atoms with Crippen LogP contribution in [0.1, 0.15) is 49.4 Å². The highest BCUT2D eigenvalue weighted by molar-refractivity contribution is 7.89. The molecule has 26 heavy (non-hydrogen) atoms. The van der Waals surface area contributed by atoms with Gasteiger partial charge in [0.25, 0.3) is 5.91 Å². The Balaban J connectivity index is 1.59. The van der Waals surface area contributed by atoms with Gasteiger partial charge in [-0.2, -0.15) is 5.26 Å². The second-order valence-electron chi connectivity index (χ2n) is 7.43. The summed E-state index contributed by atoms with van der Waals surface area (Å²) in [5.74, 6) is 1.97. The summed E-state index contributed by atoms with van der Waals surface area (Å²) in [6, 6.07) is 7.92. The molecule has 0 saturated heterocycles. The van der Waals surface area contributed by atoms with Crippen LogP contribution < -0.4 is 10.0 Å². The van der Waals surface area contributed by atoms with Gasteiger partial charge in [-0.1, -0.05) is 6.42 Å². The Morgan fingerprint density at radius 3 is 2.58 bits per heavy atom. The SMILES string of the molecule is CC(NC(=O)c1ccc(S(=O)(=O)NCCC#N)cc1)C1CC2CCC1C2. The van der Waals surface area contributed by atoms with E-state index in [0.717, 1.165) is 11.8 Å². The van der Waals surface area contributed by atoms with Crippen molar-refractivity contribution in [1.29, 1.82) is 5.26 Å². The van der Waals surface area contributed by atoms with Crippen molar-refractivity contribution in [1.82, 2.24) is 10.0 Å². The molecule has 2 saturated carbocycles. The fourth-order valence-electron chi connectivity index (χ4n) is 4.41. The van der Waals surface area contributed by atoms with E-state index in [4.69, 9.17) is 5.26 Å². The van der Waals surface area contributed by atoms with Gasteiger partial charge in [0, 0.05) is 24.6 Å². The molecule has 1 amide bonds. The third-order valence-corrected chi connectivity index (χ3v) is 7.23. The molecule has 2 aliphatic carbocycles. The standard InChI is InChI=1S/C19H25N3O3S/c1-13(18-12-14-3-4-16(18)11-14)22-19(23)15-5-7-17(8-6-15)26(24,25)21-10-2-9-20/h5-8,13-14,16,18,21H,2-4,10-12H2,1H3,(H,22,23). The molecule has 0 radical (unpaired) electrons. The van der Waals surface area contributed by atoms with E-state index in [-0.39, 0.29) is 29.8 Å². The summed E-state index contributed by atoms with van der Waals surface area (Å²) in [7, 11) is -3.65. The van der Waals surface area contributed by atoms with Crippen molar-refractivity contribution in [2.45, 2.75) is 50.0 Å². The number of amides is 1. The predicted molar refractivity (Wildman–Crippen MR) is 97.7 cm³/mol. The minimum atomic E-state index is -3.65. The van der Waals surface area contributed by atoms with Crippen LogP contribution in [0.3, 0.4) is 0 Å². The largest absolute Gasteiger partial charge is 0.349 e. The van der Waals surface area contributed by atoms with E-state index in [1.54, 1.807) is 0 Å². The van der Waals surface area contributed by atoms with Crippen LogP contribution in [-0.2, 0) is 10.0 Å². The zero-order valence-corrected chi connectivity index (χ0v) is 15.8. The molecule has 3 rings (SSSR count). The summed E-state index contributed by atoms with van der Waals surface area (Å²) in [5.41, 5.74) is 0.455.